The summed E-state index contributed by atoms with van der Waals surface area (Å²) in [5, 5.41) is 4.73. The standard InChI is InChI=1S/C23H25N3O/c1-2-18-13-16-25(17-14-18)22(27)12-11-20-21-10-6-7-15-26(21)24-23(20)19-8-4-3-5-9-19/h3-12,15,18H,2,13-14,16-17H2,1H3. The smallest absolute Gasteiger partial charge is 0.246 e. The predicted molar refractivity (Wildman–Crippen MR) is 109 cm³/mol. The first-order valence-corrected chi connectivity index (χ1v) is 9.76. The van der Waals surface area contributed by atoms with Crippen molar-refractivity contribution in [1.29, 1.82) is 0 Å². The van der Waals surface area contributed by atoms with Gasteiger partial charge in [-0.25, -0.2) is 4.52 Å². The van der Waals surface area contributed by atoms with Gasteiger partial charge in [0.05, 0.1) is 5.52 Å². The normalized spacial score (nSPS) is 15.7. The maximum absolute atomic E-state index is 12.7. The van der Waals surface area contributed by atoms with Crippen LogP contribution in [0, 0.1) is 5.92 Å². The van der Waals surface area contributed by atoms with Crippen LogP contribution in [0.2, 0.25) is 0 Å². The van der Waals surface area contributed by atoms with Crippen molar-refractivity contribution in [2.45, 2.75) is 26.2 Å². The third-order valence-electron chi connectivity index (χ3n) is 5.52. The predicted octanol–water partition coefficient (Wildman–Crippen LogP) is 4.66. The van der Waals surface area contributed by atoms with Crippen LogP contribution >= 0.6 is 0 Å². The van der Waals surface area contributed by atoms with Gasteiger partial charge in [0.1, 0.15) is 5.69 Å². The van der Waals surface area contributed by atoms with Gasteiger partial charge in [-0.15, -0.1) is 0 Å². The summed E-state index contributed by atoms with van der Waals surface area (Å²) in [5.74, 6) is 0.862. The quantitative estimate of drug-likeness (QED) is 0.635. The Balaban J connectivity index is 1.63. The van der Waals surface area contributed by atoms with Gasteiger partial charge in [0.2, 0.25) is 5.91 Å². The van der Waals surface area contributed by atoms with Gasteiger partial charge in [-0.3, -0.25) is 4.79 Å². The Morgan fingerprint density at radius 1 is 1.11 bits per heavy atom. The third kappa shape index (κ3) is 3.65. The van der Waals surface area contributed by atoms with E-state index in [2.05, 4.69) is 19.1 Å². The summed E-state index contributed by atoms with van der Waals surface area (Å²) in [7, 11) is 0. The fourth-order valence-electron chi connectivity index (χ4n) is 3.81. The van der Waals surface area contributed by atoms with E-state index >= 15 is 0 Å². The fraction of sp³-hybridized carbons (Fsp3) is 0.304. The number of pyridine rings is 1. The fourth-order valence-corrected chi connectivity index (χ4v) is 3.81. The molecule has 4 nitrogen and oxygen atoms in total. The van der Waals surface area contributed by atoms with Crippen molar-refractivity contribution in [3.05, 3.63) is 66.4 Å². The SMILES string of the molecule is CCC1CCN(C(=O)C=Cc2c(-c3ccccc3)nn3ccccc23)CC1. The van der Waals surface area contributed by atoms with Crippen LogP contribution in [-0.2, 0) is 4.79 Å². The highest BCUT2D eigenvalue weighted by Gasteiger charge is 2.20. The van der Waals surface area contributed by atoms with Crippen LogP contribution in [0.5, 0.6) is 0 Å². The molecule has 1 aromatic carbocycles. The van der Waals surface area contributed by atoms with Crippen LogP contribution < -0.4 is 0 Å². The minimum Gasteiger partial charge on any atom is -0.339 e. The molecule has 3 aromatic rings. The number of likely N-dealkylation sites (tertiary alicyclic amines) is 1. The van der Waals surface area contributed by atoms with Gasteiger partial charge in [-0.1, -0.05) is 49.7 Å². The van der Waals surface area contributed by atoms with E-state index in [9.17, 15) is 4.79 Å². The summed E-state index contributed by atoms with van der Waals surface area (Å²) in [6.07, 6.45) is 9.02. The monoisotopic (exact) mass is 359 g/mol. The molecule has 0 atom stereocenters. The third-order valence-corrected chi connectivity index (χ3v) is 5.52. The second kappa shape index (κ2) is 7.78. The van der Waals surface area contributed by atoms with E-state index in [4.69, 9.17) is 5.10 Å². The van der Waals surface area contributed by atoms with Crippen LogP contribution in [-0.4, -0.2) is 33.5 Å². The second-order valence-electron chi connectivity index (χ2n) is 7.17. The van der Waals surface area contributed by atoms with Crippen molar-refractivity contribution in [1.82, 2.24) is 14.5 Å². The van der Waals surface area contributed by atoms with E-state index < -0.39 is 0 Å². The lowest BCUT2D eigenvalue weighted by molar-refractivity contribution is -0.127. The number of nitrogens with zero attached hydrogens (tertiary/aromatic N) is 3. The number of hydrogen-bond acceptors (Lipinski definition) is 2. The van der Waals surface area contributed by atoms with E-state index in [0.29, 0.717) is 0 Å². The Hall–Kier alpha value is -2.88. The van der Waals surface area contributed by atoms with Gasteiger partial charge >= 0.3 is 0 Å². The molecule has 1 aliphatic rings. The average Bonchev–Trinajstić information content (AvgIpc) is 3.11. The van der Waals surface area contributed by atoms with E-state index in [1.54, 1.807) is 6.08 Å². The molecular formula is C23H25N3O. The summed E-state index contributed by atoms with van der Waals surface area (Å²) in [5.41, 5.74) is 3.94. The number of fused-ring (bicyclic) bond motifs is 1. The molecule has 0 unspecified atom stereocenters. The first-order valence-electron chi connectivity index (χ1n) is 9.76. The number of carbonyl (C=O) groups excluding carboxylic acids is 1. The first-order chi connectivity index (χ1) is 13.3. The van der Waals surface area contributed by atoms with Crippen molar-refractivity contribution in [3.63, 3.8) is 0 Å². The van der Waals surface area contributed by atoms with Crippen LogP contribution in [0.15, 0.2) is 60.8 Å². The van der Waals surface area contributed by atoms with Crippen LogP contribution in [0.25, 0.3) is 22.9 Å². The average molecular weight is 359 g/mol. The molecule has 2 aromatic heterocycles. The molecular weight excluding hydrogens is 334 g/mol. The topological polar surface area (TPSA) is 37.6 Å². The zero-order valence-corrected chi connectivity index (χ0v) is 15.7. The Morgan fingerprint density at radius 3 is 2.59 bits per heavy atom. The van der Waals surface area contributed by atoms with E-state index in [0.717, 1.165) is 54.2 Å². The molecule has 1 saturated heterocycles. The highest BCUT2D eigenvalue weighted by Crippen LogP contribution is 2.27. The number of hydrogen-bond donors (Lipinski definition) is 0. The van der Waals surface area contributed by atoms with Gasteiger partial charge in [-0.05, 0) is 37.0 Å². The number of amides is 1. The van der Waals surface area contributed by atoms with Crippen molar-refractivity contribution in [3.8, 4) is 11.3 Å². The largest absolute Gasteiger partial charge is 0.339 e. The zero-order valence-electron chi connectivity index (χ0n) is 15.7. The Kier molecular flexibility index (Phi) is 5.05. The molecule has 4 rings (SSSR count). The summed E-state index contributed by atoms with van der Waals surface area (Å²) in [6, 6.07) is 16.1. The lowest BCUT2D eigenvalue weighted by Gasteiger charge is -2.30. The van der Waals surface area contributed by atoms with Crippen LogP contribution in [0.1, 0.15) is 31.7 Å². The maximum atomic E-state index is 12.7. The highest BCUT2D eigenvalue weighted by molar-refractivity contribution is 5.95. The molecule has 1 amide bonds. The number of aromatic nitrogens is 2. The van der Waals surface area contributed by atoms with E-state index in [-0.39, 0.29) is 5.91 Å². The lowest BCUT2D eigenvalue weighted by Crippen LogP contribution is -2.37. The van der Waals surface area contributed by atoms with Crippen molar-refractivity contribution in [2.24, 2.45) is 5.92 Å². The van der Waals surface area contributed by atoms with Gasteiger partial charge in [0.15, 0.2) is 0 Å². The number of rotatable bonds is 4. The van der Waals surface area contributed by atoms with Gasteiger partial charge in [0.25, 0.3) is 0 Å². The molecule has 27 heavy (non-hydrogen) atoms. The molecule has 0 spiro atoms. The van der Waals surface area contributed by atoms with E-state index in [1.807, 2.05) is 58.1 Å². The summed E-state index contributed by atoms with van der Waals surface area (Å²) in [6.45, 7) is 3.96. The summed E-state index contributed by atoms with van der Waals surface area (Å²) < 4.78 is 1.87. The van der Waals surface area contributed by atoms with Crippen molar-refractivity contribution in [2.75, 3.05) is 13.1 Å². The lowest BCUT2D eigenvalue weighted by atomic mass is 9.94. The molecule has 0 N–H and O–H groups in total. The van der Waals surface area contributed by atoms with Gasteiger partial charge in [-0.2, -0.15) is 5.10 Å². The van der Waals surface area contributed by atoms with Gasteiger partial charge < -0.3 is 4.90 Å². The minimum absolute atomic E-state index is 0.0962. The molecule has 0 aliphatic carbocycles. The maximum Gasteiger partial charge on any atom is 0.246 e. The van der Waals surface area contributed by atoms with Crippen LogP contribution in [0.4, 0.5) is 0 Å². The Morgan fingerprint density at radius 2 is 1.85 bits per heavy atom. The molecule has 138 valence electrons. The van der Waals surface area contributed by atoms with Crippen molar-refractivity contribution >= 4 is 17.5 Å². The van der Waals surface area contributed by atoms with Gasteiger partial charge in [0, 0.05) is 36.5 Å². The number of carbonyl (C=O) groups is 1. The first kappa shape index (κ1) is 17.5. The number of piperidine rings is 1. The molecule has 4 heteroatoms. The van der Waals surface area contributed by atoms with E-state index in [1.165, 1.54) is 6.42 Å². The molecule has 0 saturated carbocycles. The number of benzene rings is 1. The summed E-state index contributed by atoms with van der Waals surface area (Å²) in [4.78, 5) is 14.7. The molecule has 1 aliphatic heterocycles. The van der Waals surface area contributed by atoms with Crippen LogP contribution in [0.3, 0.4) is 0 Å². The molecule has 3 heterocycles. The summed E-state index contributed by atoms with van der Waals surface area (Å²) >= 11 is 0. The second-order valence-corrected chi connectivity index (χ2v) is 7.17. The molecule has 1 fully saturated rings. The Bertz CT molecular complexity index is 950. The minimum atomic E-state index is 0.0962. The Labute approximate surface area is 160 Å². The van der Waals surface area contributed by atoms with Crippen molar-refractivity contribution < 1.29 is 4.79 Å². The highest BCUT2D eigenvalue weighted by atomic mass is 16.2. The zero-order chi connectivity index (χ0) is 18.6. The molecule has 0 bridgehead atoms. The molecule has 0 radical (unpaired) electrons.